The molecule has 3 rings (SSSR count). The van der Waals surface area contributed by atoms with Crippen molar-refractivity contribution in [2.24, 2.45) is 0 Å². The van der Waals surface area contributed by atoms with E-state index in [2.05, 4.69) is 6.07 Å². The number of carbonyl (C=O) groups excluding carboxylic acids is 1. The van der Waals surface area contributed by atoms with E-state index in [0.29, 0.717) is 10.6 Å². The Labute approximate surface area is 140 Å². The minimum atomic E-state index is -0.259. The van der Waals surface area contributed by atoms with Crippen molar-refractivity contribution in [2.45, 2.75) is 25.2 Å². The summed E-state index contributed by atoms with van der Waals surface area (Å²) < 4.78 is 5.25. The van der Waals surface area contributed by atoms with Crippen LogP contribution in [-0.4, -0.2) is 12.9 Å². The fraction of sp³-hybridized carbons (Fsp3) is 0.263. The molecule has 0 radical (unpaired) electrons. The predicted molar refractivity (Wildman–Crippen MR) is 89.2 cm³/mol. The number of ether oxygens (including phenoxy) is 1. The number of ketones is 1. The van der Waals surface area contributed by atoms with Gasteiger partial charge in [0.05, 0.1) is 18.7 Å². The Hall–Kier alpha value is -2.31. The number of Topliss-reactive ketones (excluding diaryl/α,β-unsaturated/α-hetero) is 1. The summed E-state index contributed by atoms with van der Waals surface area (Å²) in [7, 11) is 1.62. The molecule has 2 aromatic rings. The molecule has 116 valence electrons. The van der Waals surface area contributed by atoms with Crippen LogP contribution in [0.2, 0.25) is 5.02 Å². The summed E-state index contributed by atoms with van der Waals surface area (Å²) in [6.45, 7) is 0. The van der Waals surface area contributed by atoms with Crippen LogP contribution in [0.5, 0.6) is 5.75 Å². The second-order valence-electron chi connectivity index (χ2n) is 5.68. The minimum absolute atomic E-state index is 0.0896. The molecule has 1 unspecified atom stereocenters. The Morgan fingerprint density at radius 2 is 2.09 bits per heavy atom. The second-order valence-corrected chi connectivity index (χ2v) is 6.09. The first kappa shape index (κ1) is 15.6. The molecule has 2 aromatic carbocycles. The Morgan fingerprint density at radius 1 is 1.26 bits per heavy atom. The molecule has 1 aliphatic carbocycles. The number of fused-ring (bicyclic) bond motifs is 1. The van der Waals surface area contributed by atoms with Gasteiger partial charge in [-0.2, -0.15) is 5.26 Å². The zero-order valence-electron chi connectivity index (χ0n) is 12.8. The first-order valence-electron chi connectivity index (χ1n) is 7.54. The third-order valence-corrected chi connectivity index (χ3v) is 4.67. The minimum Gasteiger partial charge on any atom is -0.497 e. The SMILES string of the molecule is COc1ccc2c(c1)CCCC(c1ccc(C#N)cc1Cl)C2=O. The number of halogens is 1. The van der Waals surface area contributed by atoms with Gasteiger partial charge >= 0.3 is 0 Å². The average molecular weight is 326 g/mol. The Kier molecular flexibility index (Phi) is 4.36. The molecule has 0 N–H and O–H groups in total. The van der Waals surface area contributed by atoms with Crippen molar-refractivity contribution in [3.05, 3.63) is 63.7 Å². The van der Waals surface area contributed by atoms with Crippen LogP contribution in [0.1, 0.15) is 45.8 Å². The third kappa shape index (κ3) is 2.95. The van der Waals surface area contributed by atoms with E-state index in [1.165, 1.54) is 0 Å². The highest BCUT2D eigenvalue weighted by Gasteiger charge is 2.28. The first-order valence-corrected chi connectivity index (χ1v) is 7.92. The van der Waals surface area contributed by atoms with Gasteiger partial charge in [-0.25, -0.2) is 0 Å². The molecule has 0 saturated heterocycles. The van der Waals surface area contributed by atoms with Gasteiger partial charge < -0.3 is 4.74 Å². The van der Waals surface area contributed by atoms with Crippen LogP contribution < -0.4 is 4.74 Å². The number of carbonyl (C=O) groups is 1. The summed E-state index contributed by atoms with van der Waals surface area (Å²) in [6.07, 6.45) is 2.51. The summed E-state index contributed by atoms with van der Waals surface area (Å²) >= 11 is 6.31. The van der Waals surface area contributed by atoms with Crippen LogP contribution >= 0.6 is 11.6 Å². The van der Waals surface area contributed by atoms with Gasteiger partial charge in [0.15, 0.2) is 5.78 Å². The summed E-state index contributed by atoms with van der Waals surface area (Å²) in [5, 5.41) is 9.44. The van der Waals surface area contributed by atoms with Crippen molar-refractivity contribution in [1.29, 1.82) is 5.26 Å². The lowest BCUT2D eigenvalue weighted by atomic mass is 9.88. The quantitative estimate of drug-likeness (QED) is 0.762. The average Bonchev–Trinajstić information content (AvgIpc) is 2.73. The number of rotatable bonds is 2. The van der Waals surface area contributed by atoms with E-state index >= 15 is 0 Å². The van der Waals surface area contributed by atoms with Crippen molar-refractivity contribution in [1.82, 2.24) is 0 Å². The van der Waals surface area contributed by atoms with Crippen LogP contribution in [0.25, 0.3) is 0 Å². The number of methoxy groups -OCH3 is 1. The molecule has 0 spiro atoms. The van der Waals surface area contributed by atoms with Gasteiger partial charge in [0.25, 0.3) is 0 Å². The Morgan fingerprint density at radius 3 is 2.78 bits per heavy atom. The predicted octanol–water partition coefficient (Wildman–Crippen LogP) is 4.52. The molecule has 23 heavy (non-hydrogen) atoms. The highest BCUT2D eigenvalue weighted by atomic mass is 35.5. The number of hydrogen-bond acceptors (Lipinski definition) is 3. The highest BCUT2D eigenvalue weighted by Crippen LogP contribution is 2.36. The van der Waals surface area contributed by atoms with Crippen molar-refractivity contribution in [3.63, 3.8) is 0 Å². The summed E-state index contributed by atoms with van der Waals surface area (Å²) in [5.74, 6) is 0.600. The van der Waals surface area contributed by atoms with Crippen molar-refractivity contribution < 1.29 is 9.53 Å². The Balaban J connectivity index is 2.01. The zero-order valence-corrected chi connectivity index (χ0v) is 13.6. The van der Waals surface area contributed by atoms with Gasteiger partial charge in [0, 0.05) is 16.5 Å². The molecule has 0 heterocycles. The van der Waals surface area contributed by atoms with Gasteiger partial charge in [-0.15, -0.1) is 0 Å². The van der Waals surface area contributed by atoms with Crippen LogP contribution in [0, 0.1) is 11.3 Å². The molecule has 0 bridgehead atoms. The zero-order chi connectivity index (χ0) is 16.4. The lowest BCUT2D eigenvalue weighted by Crippen LogP contribution is -2.13. The summed E-state index contributed by atoms with van der Waals surface area (Å²) in [5.41, 5.74) is 3.08. The van der Waals surface area contributed by atoms with E-state index < -0.39 is 0 Å². The molecule has 1 aliphatic rings. The normalized spacial score (nSPS) is 17.1. The van der Waals surface area contributed by atoms with Crippen LogP contribution in [0.4, 0.5) is 0 Å². The Bertz CT molecular complexity index is 808. The van der Waals surface area contributed by atoms with Crippen molar-refractivity contribution >= 4 is 17.4 Å². The van der Waals surface area contributed by atoms with Gasteiger partial charge in [-0.05, 0) is 60.7 Å². The molecule has 0 amide bonds. The second kappa shape index (κ2) is 6.44. The van der Waals surface area contributed by atoms with Gasteiger partial charge in [-0.1, -0.05) is 17.7 Å². The van der Waals surface area contributed by atoms with E-state index in [1.54, 1.807) is 25.3 Å². The molecule has 3 nitrogen and oxygen atoms in total. The molecule has 0 aliphatic heterocycles. The van der Waals surface area contributed by atoms with E-state index in [-0.39, 0.29) is 11.7 Å². The van der Waals surface area contributed by atoms with Gasteiger partial charge in [0.1, 0.15) is 5.75 Å². The lowest BCUT2D eigenvalue weighted by Gasteiger charge is -2.16. The maximum atomic E-state index is 13.0. The summed E-state index contributed by atoms with van der Waals surface area (Å²) in [4.78, 5) is 13.0. The number of hydrogen-bond donors (Lipinski definition) is 0. The van der Waals surface area contributed by atoms with E-state index in [4.69, 9.17) is 21.6 Å². The number of benzene rings is 2. The van der Waals surface area contributed by atoms with Crippen LogP contribution in [-0.2, 0) is 6.42 Å². The van der Waals surface area contributed by atoms with Gasteiger partial charge in [0.2, 0.25) is 0 Å². The molecule has 0 aromatic heterocycles. The molecule has 0 fully saturated rings. The largest absolute Gasteiger partial charge is 0.497 e. The van der Waals surface area contributed by atoms with Crippen LogP contribution in [0.3, 0.4) is 0 Å². The monoisotopic (exact) mass is 325 g/mol. The van der Waals surface area contributed by atoms with Gasteiger partial charge in [-0.3, -0.25) is 4.79 Å². The smallest absolute Gasteiger partial charge is 0.170 e. The van der Waals surface area contributed by atoms with Crippen molar-refractivity contribution in [3.8, 4) is 11.8 Å². The first-order chi connectivity index (χ1) is 11.1. The molecular formula is C19H16ClNO2. The number of nitrogens with zero attached hydrogens (tertiary/aromatic N) is 1. The maximum absolute atomic E-state index is 13.0. The van der Waals surface area contributed by atoms with E-state index in [0.717, 1.165) is 41.7 Å². The topological polar surface area (TPSA) is 50.1 Å². The molecule has 1 atom stereocenters. The maximum Gasteiger partial charge on any atom is 0.170 e. The number of aryl methyl sites for hydroxylation is 1. The fourth-order valence-electron chi connectivity index (χ4n) is 3.14. The van der Waals surface area contributed by atoms with Crippen molar-refractivity contribution in [2.75, 3.05) is 7.11 Å². The van der Waals surface area contributed by atoms with E-state index in [9.17, 15) is 4.79 Å². The highest BCUT2D eigenvalue weighted by molar-refractivity contribution is 6.32. The van der Waals surface area contributed by atoms with E-state index in [1.807, 2.05) is 18.2 Å². The fourth-order valence-corrected chi connectivity index (χ4v) is 3.45. The standard InChI is InChI=1S/C19H16ClNO2/c1-23-14-6-8-15-13(10-14)3-2-4-17(19(15)22)16-7-5-12(11-21)9-18(16)20/h5-10,17H,2-4H2,1H3. The summed E-state index contributed by atoms with van der Waals surface area (Å²) in [6, 6.07) is 12.8. The molecule has 4 heteroatoms. The molecule has 0 saturated carbocycles. The molecular weight excluding hydrogens is 310 g/mol. The lowest BCUT2D eigenvalue weighted by molar-refractivity contribution is 0.0957. The van der Waals surface area contributed by atoms with Crippen LogP contribution in [0.15, 0.2) is 36.4 Å². The number of nitriles is 1. The third-order valence-electron chi connectivity index (χ3n) is 4.34.